The Morgan fingerprint density at radius 3 is 2.71 bits per heavy atom. The monoisotopic (exact) mass is 395 g/mol. The van der Waals surface area contributed by atoms with Crippen molar-refractivity contribution in [2.24, 2.45) is 0 Å². The summed E-state index contributed by atoms with van der Waals surface area (Å²) in [5.41, 5.74) is 2.11. The molecule has 1 aromatic carbocycles. The van der Waals surface area contributed by atoms with Gasteiger partial charge >= 0.3 is 0 Å². The van der Waals surface area contributed by atoms with E-state index in [1.807, 2.05) is 26.0 Å². The molecule has 0 bridgehead atoms. The van der Waals surface area contributed by atoms with Gasteiger partial charge in [-0.25, -0.2) is 24.3 Å². The molecule has 3 aromatic heterocycles. The predicted molar refractivity (Wildman–Crippen MR) is 102 cm³/mol. The summed E-state index contributed by atoms with van der Waals surface area (Å²) in [5.74, 6) is 0.438. The maximum atomic E-state index is 14.6. The minimum absolute atomic E-state index is 0.162. The molecule has 140 valence electrons. The molecule has 1 aliphatic heterocycles. The number of aromatic nitrogens is 5. The topological polar surface area (TPSA) is 76.6 Å². The van der Waals surface area contributed by atoms with Crippen LogP contribution in [0, 0.1) is 5.82 Å². The third-order valence-corrected chi connectivity index (χ3v) is 5.35. The summed E-state index contributed by atoms with van der Waals surface area (Å²) in [6, 6.07) is 8.48. The van der Waals surface area contributed by atoms with Crippen molar-refractivity contribution in [3.05, 3.63) is 70.6 Å². The summed E-state index contributed by atoms with van der Waals surface area (Å²) in [6.07, 6.45) is 3.21. The molecule has 6 nitrogen and oxygen atoms in total. The van der Waals surface area contributed by atoms with Crippen LogP contribution in [0.5, 0.6) is 11.6 Å². The molecule has 4 aromatic rings. The lowest BCUT2D eigenvalue weighted by molar-refractivity contribution is 0.353. The first-order chi connectivity index (χ1) is 13.4. The molecule has 8 heteroatoms. The number of benzene rings is 1. The van der Waals surface area contributed by atoms with Crippen LogP contribution in [0.1, 0.15) is 36.7 Å². The molecule has 0 aliphatic carbocycles. The van der Waals surface area contributed by atoms with Gasteiger partial charge < -0.3 is 9.72 Å². The first kappa shape index (κ1) is 17.1. The van der Waals surface area contributed by atoms with Crippen LogP contribution in [0.3, 0.4) is 0 Å². The van der Waals surface area contributed by atoms with Crippen molar-refractivity contribution in [2.75, 3.05) is 0 Å². The molecule has 5 rings (SSSR count). The zero-order valence-corrected chi connectivity index (χ0v) is 15.8. The fourth-order valence-corrected chi connectivity index (χ4v) is 3.96. The fourth-order valence-electron chi connectivity index (χ4n) is 3.82. The summed E-state index contributed by atoms with van der Waals surface area (Å²) in [7, 11) is 0. The van der Waals surface area contributed by atoms with Crippen molar-refractivity contribution < 1.29 is 9.13 Å². The summed E-state index contributed by atoms with van der Waals surface area (Å²) in [5, 5.41) is 0.284. The van der Waals surface area contributed by atoms with Gasteiger partial charge in [0, 0.05) is 34.9 Å². The Balaban J connectivity index is 1.75. The van der Waals surface area contributed by atoms with Crippen LogP contribution in [0.25, 0.3) is 11.3 Å². The molecule has 1 atom stereocenters. The molecule has 1 N–H and O–H groups in total. The van der Waals surface area contributed by atoms with Crippen LogP contribution in [0.4, 0.5) is 4.39 Å². The molecule has 0 fully saturated rings. The Kier molecular flexibility index (Phi) is 3.64. The van der Waals surface area contributed by atoms with Crippen molar-refractivity contribution in [3.8, 4) is 11.6 Å². The first-order valence-electron chi connectivity index (χ1n) is 8.75. The van der Waals surface area contributed by atoms with Crippen molar-refractivity contribution >= 4 is 22.9 Å². The van der Waals surface area contributed by atoms with Crippen molar-refractivity contribution in [2.45, 2.75) is 25.2 Å². The van der Waals surface area contributed by atoms with E-state index in [1.54, 1.807) is 24.5 Å². The van der Waals surface area contributed by atoms with Gasteiger partial charge in [-0.2, -0.15) is 0 Å². The van der Waals surface area contributed by atoms with E-state index in [2.05, 4.69) is 24.9 Å². The van der Waals surface area contributed by atoms with Crippen LogP contribution in [-0.4, -0.2) is 24.9 Å². The number of hydrogen-bond acceptors (Lipinski definition) is 5. The Bertz CT molecular complexity index is 1190. The van der Waals surface area contributed by atoms with Gasteiger partial charge in [0.25, 0.3) is 0 Å². The van der Waals surface area contributed by atoms with E-state index in [9.17, 15) is 4.39 Å². The zero-order chi connectivity index (χ0) is 19.5. The third kappa shape index (κ3) is 2.46. The maximum Gasteiger partial charge on any atom is 0.224 e. The van der Waals surface area contributed by atoms with Crippen LogP contribution in [0.15, 0.2) is 42.7 Å². The Morgan fingerprint density at radius 1 is 1.07 bits per heavy atom. The van der Waals surface area contributed by atoms with Gasteiger partial charge in [0.15, 0.2) is 22.9 Å². The van der Waals surface area contributed by atoms with Crippen molar-refractivity contribution in [1.82, 2.24) is 24.9 Å². The quantitative estimate of drug-likeness (QED) is 0.495. The highest BCUT2D eigenvalue weighted by atomic mass is 35.5. The van der Waals surface area contributed by atoms with Crippen molar-refractivity contribution in [3.63, 3.8) is 0 Å². The highest BCUT2D eigenvalue weighted by molar-refractivity contribution is 6.29. The second-order valence-corrected chi connectivity index (χ2v) is 7.64. The smallest absolute Gasteiger partial charge is 0.224 e. The normalized spacial score (nSPS) is 15.8. The number of nitrogens with zero attached hydrogens (tertiary/aromatic N) is 4. The van der Waals surface area contributed by atoms with Gasteiger partial charge in [-0.15, -0.1) is 0 Å². The van der Waals surface area contributed by atoms with E-state index in [1.165, 1.54) is 6.07 Å². The molecule has 0 radical (unpaired) electrons. The van der Waals surface area contributed by atoms with Crippen LogP contribution in [0.2, 0.25) is 5.15 Å². The first-order valence-corrected chi connectivity index (χ1v) is 9.13. The van der Waals surface area contributed by atoms with Gasteiger partial charge in [0.05, 0.1) is 0 Å². The highest BCUT2D eigenvalue weighted by Gasteiger charge is 2.43. The molecular weight excluding hydrogens is 381 g/mol. The molecule has 28 heavy (non-hydrogen) atoms. The van der Waals surface area contributed by atoms with Crippen LogP contribution in [-0.2, 0) is 5.41 Å². The lowest BCUT2D eigenvalue weighted by Crippen LogP contribution is -2.32. The van der Waals surface area contributed by atoms with Gasteiger partial charge in [-0.05, 0) is 18.2 Å². The standard InChI is InChI=1S/C20H15ClFN5O/c1-20(2,19-26-16-17(27-19)24-9-8-23-16)14-10-4-3-5-12(22)15(10)28-18-11(14)6-7-13(21)25-18/h3-9,14H,1-2H3,(H,23,24,26,27)/t14-/m0/s1. The summed E-state index contributed by atoms with van der Waals surface area (Å²) in [4.78, 5) is 20.7. The van der Waals surface area contributed by atoms with Gasteiger partial charge in [-0.3, -0.25) is 0 Å². The van der Waals surface area contributed by atoms with Crippen molar-refractivity contribution in [1.29, 1.82) is 0 Å². The van der Waals surface area contributed by atoms with Gasteiger partial charge in [0.2, 0.25) is 5.88 Å². The number of H-pyrrole nitrogens is 1. The Labute approximate surface area is 164 Å². The van der Waals surface area contributed by atoms with E-state index in [0.29, 0.717) is 23.0 Å². The fraction of sp³-hybridized carbons (Fsp3) is 0.200. The van der Waals surface area contributed by atoms with E-state index in [4.69, 9.17) is 16.3 Å². The van der Waals surface area contributed by atoms with E-state index in [-0.39, 0.29) is 16.8 Å². The maximum absolute atomic E-state index is 14.6. The number of pyridine rings is 1. The van der Waals surface area contributed by atoms with Crippen LogP contribution < -0.4 is 4.74 Å². The number of imidazole rings is 1. The molecule has 0 saturated heterocycles. The molecular formula is C20H15ClFN5O. The zero-order valence-electron chi connectivity index (χ0n) is 15.1. The highest BCUT2D eigenvalue weighted by Crippen LogP contribution is 2.52. The minimum atomic E-state index is -0.570. The number of rotatable bonds is 2. The van der Waals surface area contributed by atoms with Gasteiger partial charge in [0.1, 0.15) is 11.0 Å². The average Bonchev–Trinajstić information content (AvgIpc) is 3.12. The number of fused-ring (bicyclic) bond motifs is 3. The van der Waals surface area contributed by atoms with E-state index in [0.717, 1.165) is 11.1 Å². The number of ether oxygens (including phenoxy) is 1. The van der Waals surface area contributed by atoms with Crippen LogP contribution >= 0.6 is 11.6 Å². The second-order valence-electron chi connectivity index (χ2n) is 7.26. The number of hydrogen-bond donors (Lipinski definition) is 1. The number of aromatic amines is 1. The summed E-state index contributed by atoms with van der Waals surface area (Å²) in [6.45, 7) is 4.07. The SMILES string of the molecule is CC(C)(c1nc2nccnc2[nH]1)[C@@H]1c2ccc(Cl)nc2Oc2c(F)cccc21. The molecule has 1 aliphatic rings. The molecule has 0 unspecified atom stereocenters. The van der Waals surface area contributed by atoms with E-state index >= 15 is 0 Å². The minimum Gasteiger partial charge on any atom is -0.435 e. The molecule has 0 amide bonds. The Morgan fingerprint density at radius 2 is 1.89 bits per heavy atom. The van der Waals surface area contributed by atoms with E-state index < -0.39 is 11.2 Å². The number of halogens is 2. The third-order valence-electron chi connectivity index (χ3n) is 5.14. The summed E-state index contributed by atoms with van der Waals surface area (Å²) >= 11 is 6.06. The average molecular weight is 396 g/mol. The molecule has 0 spiro atoms. The van der Waals surface area contributed by atoms with Gasteiger partial charge in [-0.1, -0.05) is 37.6 Å². The molecule has 4 heterocycles. The second kappa shape index (κ2) is 5.97. The number of para-hydroxylation sites is 1. The lowest BCUT2D eigenvalue weighted by Gasteiger charge is -2.37. The lowest BCUT2D eigenvalue weighted by atomic mass is 9.70. The Hall–Kier alpha value is -3.06. The molecule has 0 saturated carbocycles. The largest absolute Gasteiger partial charge is 0.435 e. The predicted octanol–water partition coefficient (Wildman–Crippen LogP) is 4.76. The number of nitrogens with one attached hydrogen (secondary N) is 1. The summed E-state index contributed by atoms with van der Waals surface area (Å²) < 4.78 is 20.4.